The third-order valence-corrected chi connectivity index (χ3v) is 3.42. The van der Waals surface area contributed by atoms with E-state index < -0.39 is 11.9 Å². The van der Waals surface area contributed by atoms with Gasteiger partial charge in [0.1, 0.15) is 5.75 Å². The van der Waals surface area contributed by atoms with Gasteiger partial charge in [-0.05, 0) is 49.2 Å². The topological polar surface area (TPSA) is 64.6 Å². The third kappa shape index (κ3) is 5.59. The summed E-state index contributed by atoms with van der Waals surface area (Å²) < 4.78 is 10.2. The molecular formula is C18H18ClNO4. The summed E-state index contributed by atoms with van der Waals surface area (Å²) in [6, 6.07) is 12.5. The number of hydrogen-bond donors (Lipinski definition) is 1. The SMILES string of the molecule is Cc1cccc(OCC(=O)OCC(=O)Nc2cc(Cl)ccc2C)c1. The molecule has 0 aliphatic carbocycles. The van der Waals surface area contributed by atoms with Crippen LogP contribution in [-0.4, -0.2) is 25.1 Å². The second-order valence-corrected chi connectivity index (χ2v) is 5.71. The van der Waals surface area contributed by atoms with Crippen LogP contribution < -0.4 is 10.1 Å². The van der Waals surface area contributed by atoms with E-state index >= 15 is 0 Å². The van der Waals surface area contributed by atoms with Gasteiger partial charge in [0.05, 0.1) is 0 Å². The molecule has 0 atom stereocenters. The molecule has 1 N–H and O–H groups in total. The number of halogens is 1. The van der Waals surface area contributed by atoms with Crippen LogP contribution in [0.15, 0.2) is 42.5 Å². The van der Waals surface area contributed by atoms with E-state index in [2.05, 4.69) is 5.32 Å². The van der Waals surface area contributed by atoms with Crippen LogP contribution in [0.2, 0.25) is 5.02 Å². The second kappa shape index (κ2) is 8.36. The zero-order valence-corrected chi connectivity index (χ0v) is 14.2. The third-order valence-electron chi connectivity index (χ3n) is 3.18. The van der Waals surface area contributed by atoms with Gasteiger partial charge in [-0.1, -0.05) is 29.8 Å². The fourth-order valence-corrected chi connectivity index (χ4v) is 2.12. The Labute approximate surface area is 145 Å². The summed E-state index contributed by atoms with van der Waals surface area (Å²) in [5.74, 6) is -0.482. The van der Waals surface area contributed by atoms with Crippen LogP contribution in [0, 0.1) is 13.8 Å². The van der Waals surface area contributed by atoms with E-state index in [1.54, 1.807) is 24.3 Å². The molecule has 6 heteroatoms. The lowest BCUT2D eigenvalue weighted by Crippen LogP contribution is -2.24. The zero-order chi connectivity index (χ0) is 17.5. The van der Waals surface area contributed by atoms with Crippen LogP contribution in [0.5, 0.6) is 5.75 Å². The van der Waals surface area contributed by atoms with E-state index in [1.165, 1.54) is 0 Å². The number of ether oxygens (including phenoxy) is 2. The van der Waals surface area contributed by atoms with Gasteiger partial charge in [0, 0.05) is 10.7 Å². The van der Waals surface area contributed by atoms with Gasteiger partial charge in [0.15, 0.2) is 13.2 Å². The molecular weight excluding hydrogens is 330 g/mol. The van der Waals surface area contributed by atoms with Crippen LogP contribution in [0.4, 0.5) is 5.69 Å². The molecule has 0 aliphatic rings. The fourth-order valence-electron chi connectivity index (χ4n) is 1.95. The number of amides is 1. The summed E-state index contributed by atoms with van der Waals surface area (Å²) in [5, 5.41) is 3.16. The minimum atomic E-state index is -0.616. The number of benzene rings is 2. The predicted molar refractivity (Wildman–Crippen MR) is 92.5 cm³/mol. The summed E-state index contributed by atoms with van der Waals surface area (Å²) in [6.45, 7) is 3.12. The average Bonchev–Trinajstić information content (AvgIpc) is 2.54. The Kier molecular flexibility index (Phi) is 6.21. The first kappa shape index (κ1) is 17.8. The van der Waals surface area contributed by atoms with E-state index in [4.69, 9.17) is 21.1 Å². The molecule has 0 aliphatic heterocycles. The molecule has 126 valence electrons. The Morgan fingerprint density at radius 2 is 1.88 bits per heavy atom. The number of aryl methyl sites for hydroxylation is 2. The van der Waals surface area contributed by atoms with E-state index in [-0.39, 0.29) is 13.2 Å². The number of rotatable bonds is 6. The minimum Gasteiger partial charge on any atom is -0.482 e. The molecule has 0 saturated carbocycles. The van der Waals surface area contributed by atoms with E-state index in [0.29, 0.717) is 16.5 Å². The maximum absolute atomic E-state index is 11.8. The van der Waals surface area contributed by atoms with Gasteiger partial charge >= 0.3 is 5.97 Å². The van der Waals surface area contributed by atoms with Crippen LogP contribution in [0.3, 0.4) is 0 Å². The Balaban J connectivity index is 1.77. The summed E-state index contributed by atoms with van der Waals surface area (Å²) in [6.07, 6.45) is 0. The maximum Gasteiger partial charge on any atom is 0.344 e. The molecule has 1 amide bonds. The minimum absolute atomic E-state index is 0.257. The second-order valence-electron chi connectivity index (χ2n) is 5.27. The molecule has 0 fully saturated rings. The van der Waals surface area contributed by atoms with Gasteiger partial charge in [0.2, 0.25) is 0 Å². The molecule has 2 rings (SSSR count). The summed E-state index contributed by atoms with van der Waals surface area (Å²) >= 11 is 5.89. The van der Waals surface area contributed by atoms with Crippen molar-refractivity contribution in [3.8, 4) is 5.75 Å². The summed E-state index contributed by atoms with van der Waals surface area (Å²) in [7, 11) is 0. The van der Waals surface area contributed by atoms with E-state index in [0.717, 1.165) is 11.1 Å². The zero-order valence-electron chi connectivity index (χ0n) is 13.5. The van der Waals surface area contributed by atoms with E-state index in [9.17, 15) is 9.59 Å². The molecule has 0 bridgehead atoms. The predicted octanol–water partition coefficient (Wildman–Crippen LogP) is 3.52. The molecule has 0 saturated heterocycles. The highest BCUT2D eigenvalue weighted by molar-refractivity contribution is 6.31. The number of carbonyl (C=O) groups excluding carboxylic acids is 2. The average molecular weight is 348 g/mol. The van der Waals surface area contributed by atoms with Crippen molar-refractivity contribution in [2.24, 2.45) is 0 Å². The van der Waals surface area contributed by atoms with Crippen molar-refractivity contribution in [1.29, 1.82) is 0 Å². The van der Waals surface area contributed by atoms with Crippen molar-refractivity contribution in [1.82, 2.24) is 0 Å². The van der Waals surface area contributed by atoms with Crippen molar-refractivity contribution in [3.63, 3.8) is 0 Å². The van der Waals surface area contributed by atoms with Gasteiger partial charge in [0.25, 0.3) is 5.91 Å². The normalized spacial score (nSPS) is 10.1. The van der Waals surface area contributed by atoms with Crippen LogP contribution in [-0.2, 0) is 14.3 Å². The lowest BCUT2D eigenvalue weighted by atomic mass is 10.2. The fraction of sp³-hybridized carbons (Fsp3) is 0.222. The van der Waals surface area contributed by atoms with Crippen LogP contribution >= 0.6 is 11.6 Å². The highest BCUT2D eigenvalue weighted by atomic mass is 35.5. The molecule has 0 heterocycles. The van der Waals surface area contributed by atoms with Crippen molar-refractivity contribution in [3.05, 3.63) is 58.6 Å². The first-order valence-corrected chi connectivity index (χ1v) is 7.73. The van der Waals surface area contributed by atoms with E-state index in [1.807, 2.05) is 32.0 Å². The van der Waals surface area contributed by atoms with Crippen LogP contribution in [0.1, 0.15) is 11.1 Å². The molecule has 24 heavy (non-hydrogen) atoms. The highest BCUT2D eigenvalue weighted by Crippen LogP contribution is 2.20. The lowest BCUT2D eigenvalue weighted by molar-refractivity contribution is -0.149. The van der Waals surface area contributed by atoms with Gasteiger partial charge in [-0.25, -0.2) is 4.79 Å². The van der Waals surface area contributed by atoms with Gasteiger partial charge in [-0.15, -0.1) is 0 Å². The van der Waals surface area contributed by atoms with Crippen molar-refractivity contribution in [2.45, 2.75) is 13.8 Å². The number of nitrogens with one attached hydrogen (secondary N) is 1. The standard InChI is InChI=1S/C18H18ClNO4/c1-12-4-3-5-15(8-12)23-11-18(22)24-10-17(21)20-16-9-14(19)7-6-13(16)2/h3-9H,10-11H2,1-2H3,(H,20,21). The molecule has 0 radical (unpaired) electrons. The first-order valence-electron chi connectivity index (χ1n) is 7.35. The number of esters is 1. The number of hydrogen-bond acceptors (Lipinski definition) is 4. The molecule has 0 aromatic heterocycles. The Morgan fingerprint density at radius 1 is 1.08 bits per heavy atom. The quantitative estimate of drug-likeness (QED) is 0.812. The molecule has 2 aromatic rings. The van der Waals surface area contributed by atoms with Gasteiger partial charge < -0.3 is 14.8 Å². The van der Waals surface area contributed by atoms with Crippen molar-refractivity contribution < 1.29 is 19.1 Å². The highest BCUT2D eigenvalue weighted by Gasteiger charge is 2.10. The number of carbonyl (C=O) groups is 2. The summed E-state index contributed by atoms with van der Waals surface area (Å²) in [5.41, 5.74) is 2.47. The summed E-state index contributed by atoms with van der Waals surface area (Å²) in [4.78, 5) is 23.5. The van der Waals surface area contributed by atoms with Crippen molar-refractivity contribution >= 4 is 29.2 Å². The molecule has 0 spiro atoms. The Hall–Kier alpha value is -2.53. The molecule has 5 nitrogen and oxygen atoms in total. The number of anilines is 1. The molecule has 0 unspecified atom stereocenters. The lowest BCUT2D eigenvalue weighted by Gasteiger charge is -2.10. The maximum atomic E-state index is 11.8. The first-order chi connectivity index (χ1) is 11.4. The van der Waals surface area contributed by atoms with Crippen LogP contribution in [0.25, 0.3) is 0 Å². The van der Waals surface area contributed by atoms with Gasteiger partial charge in [-0.3, -0.25) is 4.79 Å². The molecule has 2 aromatic carbocycles. The largest absolute Gasteiger partial charge is 0.482 e. The Bertz CT molecular complexity index is 746. The smallest absolute Gasteiger partial charge is 0.344 e. The monoisotopic (exact) mass is 347 g/mol. The Morgan fingerprint density at radius 3 is 2.62 bits per heavy atom. The van der Waals surface area contributed by atoms with Gasteiger partial charge in [-0.2, -0.15) is 0 Å². The van der Waals surface area contributed by atoms with Crippen molar-refractivity contribution in [2.75, 3.05) is 18.5 Å².